The van der Waals surface area contributed by atoms with Crippen LogP contribution >= 0.6 is 12.2 Å². The number of rotatable bonds is 13. The van der Waals surface area contributed by atoms with E-state index >= 15 is 0 Å². The van der Waals surface area contributed by atoms with Crippen molar-refractivity contribution < 1.29 is 53.1 Å². The second-order valence-electron chi connectivity index (χ2n) is 16.8. The van der Waals surface area contributed by atoms with Gasteiger partial charge in [-0.1, -0.05) is 45.0 Å². The number of para-hydroxylation sites is 1. The third-order valence-electron chi connectivity index (χ3n) is 12.4. The molecular weight excluding hydrogens is 847 g/mol. The van der Waals surface area contributed by atoms with E-state index in [2.05, 4.69) is 25.9 Å². The fourth-order valence-corrected chi connectivity index (χ4v) is 9.07. The van der Waals surface area contributed by atoms with Crippen molar-refractivity contribution in [3.8, 4) is 5.75 Å². The summed E-state index contributed by atoms with van der Waals surface area (Å²) < 4.78 is 28.7. The highest BCUT2D eigenvalue weighted by molar-refractivity contribution is 7.80. The monoisotopic (exact) mass is 897 g/mol. The van der Waals surface area contributed by atoms with Crippen molar-refractivity contribution in [3.05, 3.63) is 90.1 Å². The van der Waals surface area contributed by atoms with E-state index in [-0.39, 0.29) is 42.9 Å². The lowest BCUT2D eigenvalue weighted by atomic mass is 9.72. The number of fused-ring (bicyclic) bond motifs is 5. The van der Waals surface area contributed by atoms with Gasteiger partial charge in [0.25, 0.3) is 5.91 Å². The number of pyridine rings is 1. The van der Waals surface area contributed by atoms with Crippen molar-refractivity contribution in [1.82, 2.24) is 30.5 Å². The first-order valence-electron chi connectivity index (χ1n) is 21.2. The number of anilines is 1. The Morgan fingerprint density at radius 2 is 1.86 bits per heavy atom. The number of amides is 2. The Morgan fingerprint density at radius 3 is 2.56 bits per heavy atom. The molecule has 10 atom stereocenters. The second kappa shape index (κ2) is 18.2. The van der Waals surface area contributed by atoms with Gasteiger partial charge in [-0.15, -0.1) is 0 Å². The van der Waals surface area contributed by atoms with Crippen LogP contribution in [0.4, 0.5) is 5.69 Å². The van der Waals surface area contributed by atoms with Crippen LogP contribution in [0.5, 0.6) is 5.75 Å². The predicted molar refractivity (Wildman–Crippen MR) is 234 cm³/mol. The zero-order valence-electron chi connectivity index (χ0n) is 35.8. The van der Waals surface area contributed by atoms with Crippen molar-refractivity contribution >= 4 is 63.4 Å². The molecule has 0 aliphatic carbocycles. The molecule has 2 aromatic heterocycles. The molecule has 0 bridgehead atoms. The number of ether oxygens (including phenoxy) is 5. The Balaban J connectivity index is 0.968. The maximum Gasteiger partial charge on any atom is 0.351 e. The number of carbonyl (C=O) groups excluding carboxylic acids is 4. The molecule has 2 saturated heterocycles. The number of aromatic nitrogens is 3. The number of carbonyl (C=O) groups is 4. The van der Waals surface area contributed by atoms with Gasteiger partial charge in [0.1, 0.15) is 36.1 Å². The fourth-order valence-electron chi connectivity index (χ4n) is 8.81. The summed E-state index contributed by atoms with van der Waals surface area (Å²) in [6, 6.07) is 13.7. The highest BCUT2D eigenvalue weighted by atomic mass is 32.1. The zero-order valence-corrected chi connectivity index (χ0v) is 36.7. The first-order valence-corrected chi connectivity index (χ1v) is 21.6. The molecule has 6 heterocycles. The highest BCUT2D eigenvalue weighted by Crippen LogP contribution is 2.47. The Morgan fingerprint density at radius 1 is 1.09 bits per heavy atom. The molecule has 6 N–H and O–H groups in total. The number of hydrogen-bond donors (Lipinski definition) is 6. The lowest BCUT2D eigenvalue weighted by Crippen LogP contribution is -2.62. The molecule has 18 nitrogen and oxygen atoms in total. The van der Waals surface area contributed by atoms with Crippen LogP contribution in [-0.4, -0.2) is 128 Å². The number of hydrogen-bond acceptors (Lipinski definition) is 14. The number of thiocarbonyl (C=S) groups is 1. The summed E-state index contributed by atoms with van der Waals surface area (Å²) >= 11 is 5.64. The van der Waals surface area contributed by atoms with Gasteiger partial charge in [-0.2, -0.15) is 0 Å². The van der Waals surface area contributed by atoms with Gasteiger partial charge in [-0.3, -0.25) is 9.59 Å². The number of esters is 2. The number of aromatic amines is 1. The summed E-state index contributed by atoms with van der Waals surface area (Å²) in [5.41, 5.74) is 1.62. The molecule has 338 valence electrons. The van der Waals surface area contributed by atoms with Gasteiger partial charge in [-0.25, -0.2) is 19.6 Å². The van der Waals surface area contributed by atoms with Crippen LogP contribution in [0, 0.1) is 17.8 Å². The number of benzene rings is 2. The van der Waals surface area contributed by atoms with Gasteiger partial charge in [0.15, 0.2) is 5.11 Å². The average molecular weight is 898 g/mol. The van der Waals surface area contributed by atoms with Crippen molar-refractivity contribution in [1.29, 1.82) is 0 Å². The van der Waals surface area contributed by atoms with Crippen molar-refractivity contribution in [3.63, 3.8) is 0 Å². The number of aliphatic hydroxyl groups is 2. The molecule has 0 saturated carbocycles. The molecular formula is C45H51N7O11S. The van der Waals surface area contributed by atoms with Gasteiger partial charge >= 0.3 is 11.9 Å². The quantitative estimate of drug-likeness (QED) is 0.0836. The Bertz CT molecular complexity index is 2450. The third-order valence-corrected chi connectivity index (χ3v) is 12.6. The maximum atomic E-state index is 14.4. The highest BCUT2D eigenvalue weighted by Gasteiger charge is 2.58. The van der Waals surface area contributed by atoms with E-state index < -0.39 is 78.1 Å². The van der Waals surface area contributed by atoms with Gasteiger partial charge in [-0.05, 0) is 67.9 Å². The topological polar surface area (TPSA) is 236 Å². The molecule has 2 aromatic carbocycles. The van der Waals surface area contributed by atoms with E-state index in [4.69, 9.17) is 40.9 Å². The van der Waals surface area contributed by atoms with Gasteiger partial charge in [0.2, 0.25) is 17.8 Å². The smallest absolute Gasteiger partial charge is 0.351 e. The van der Waals surface area contributed by atoms with Crippen molar-refractivity contribution in [2.75, 3.05) is 25.6 Å². The molecule has 4 aliphatic rings. The molecule has 0 radical (unpaired) electrons. The fraction of sp³-hybridized carbons (Fsp3) is 0.444. The van der Waals surface area contributed by atoms with Gasteiger partial charge in [0, 0.05) is 54.9 Å². The van der Waals surface area contributed by atoms with Crippen molar-refractivity contribution in [2.24, 2.45) is 17.8 Å². The number of cyclic esters (lactones) is 1. The minimum absolute atomic E-state index is 0.0270. The molecule has 4 aromatic rings. The van der Waals surface area contributed by atoms with Gasteiger partial charge < -0.3 is 59.7 Å². The minimum Gasteiger partial charge on any atom is -0.462 e. The normalized spacial score (nSPS) is 27.0. The van der Waals surface area contributed by atoms with Crippen LogP contribution in [0.3, 0.4) is 0 Å². The van der Waals surface area contributed by atoms with Gasteiger partial charge in [0.05, 0.1) is 41.5 Å². The summed E-state index contributed by atoms with van der Waals surface area (Å²) in [5, 5.41) is 30.8. The molecule has 0 spiro atoms. The van der Waals surface area contributed by atoms with Crippen LogP contribution in [-0.2, 0) is 39.8 Å². The van der Waals surface area contributed by atoms with Crippen LogP contribution < -0.4 is 20.7 Å². The van der Waals surface area contributed by atoms with E-state index in [1.165, 1.54) is 13.4 Å². The lowest BCUT2D eigenvalue weighted by Gasteiger charge is -2.47. The Labute approximate surface area is 374 Å². The molecule has 19 heteroatoms. The maximum absolute atomic E-state index is 14.4. The number of H-pyrrole nitrogens is 1. The average Bonchev–Trinajstić information content (AvgIpc) is 3.89. The summed E-state index contributed by atoms with van der Waals surface area (Å²) in [5.74, 6) is -3.46. The first kappa shape index (κ1) is 44.6. The summed E-state index contributed by atoms with van der Waals surface area (Å²) in [4.78, 5) is 69.7. The standard InChI is InChI=1S/C45H51N7O11S/c1-6-45(30-17-33-35-29(15-24-9-7-8-10-31(24)49-35)40(56)52(33)19-25(30)20-60-43(45)58)63-41(57)34(22(2)3)51-39(55)32(16-27-18-46-21-47-27)50-44(64)48-26-11-13-28(14-12-26)62-42-37(54)38(59-5)36(53)23(4)61-42/h7-15,17-18,21-23,25,30,32,34,36-38,42,53-54H,6,16,19-20H2,1-5H3,(H,46,47)(H,51,55)(H2,48,50,64)/t23-,25?,30?,32-,34?,36+,37-,38+,42+,45-/m0/s1. The second-order valence-corrected chi connectivity index (χ2v) is 17.2. The summed E-state index contributed by atoms with van der Waals surface area (Å²) in [7, 11) is 1.39. The Kier molecular flexibility index (Phi) is 12.7. The number of nitrogens with one attached hydrogen (secondary N) is 4. The molecule has 8 rings (SSSR count). The van der Waals surface area contributed by atoms with E-state index in [1.807, 2.05) is 36.4 Å². The summed E-state index contributed by atoms with van der Waals surface area (Å²) in [6.07, 6.45) is 0.117. The lowest BCUT2D eigenvalue weighted by molar-refractivity contribution is -0.272. The van der Waals surface area contributed by atoms with E-state index in [9.17, 15) is 29.4 Å². The SMILES string of the molecule is CC[C@@]1(OC(=O)C(NC(=O)[C@H](Cc2cnc[nH]2)NC(=S)Nc2ccc(O[C@H]3O[C@@H](C)[C@@H](O)[C@@H](OC)[C@@H]3O)cc2)C(C)C)C(=O)OCC2CN3C(=O)c4cc5ccccc5nc4C3=CC21. The van der Waals surface area contributed by atoms with Crippen molar-refractivity contribution in [2.45, 2.75) is 88.9 Å². The number of methoxy groups -OCH3 is 1. The Hall–Kier alpha value is -5.99. The predicted octanol–water partition coefficient (Wildman–Crippen LogP) is 2.85. The van der Waals surface area contributed by atoms with E-state index in [0.29, 0.717) is 39.6 Å². The van der Waals surface area contributed by atoms with E-state index in [0.717, 1.165) is 5.39 Å². The largest absolute Gasteiger partial charge is 0.462 e. The molecule has 64 heavy (non-hydrogen) atoms. The summed E-state index contributed by atoms with van der Waals surface area (Å²) in [6.45, 7) is 7.15. The van der Waals surface area contributed by atoms with Crippen LogP contribution in [0.25, 0.3) is 16.6 Å². The van der Waals surface area contributed by atoms with Crippen LogP contribution in [0.15, 0.2) is 73.2 Å². The van der Waals surface area contributed by atoms with E-state index in [1.54, 1.807) is 63.1 Å². The number of aliphatic hydroxyl groups excluding tert-OH is 2. The minimum atomic E-state index is -1.75. The number of imidazole rings is 1. The van der Waals surface area contributed by atoms with Crippen LogP contribution in [0.2, 0.25) is 0 Å². The molecule has 3 unspecified atom stereocenters. The molecule has 4 aliphatic heterocycles. The molecule has 2 fully saturated rings. The number of nitrogens with zero attached hydrogens (tertiary/aromatic N) is 3. The zero-order chi connectivity index (χ0) is 45.4. The third kappa shape index (κ3) is 8.52. The van der Waals surface area contributed by atoms with Crippen LogP contribution in [0.1, 0.15) is 55.9 Å². The molecule has 2 amide bonds. The first-order chi connectivity index (χ1) is 30.7.